The average molecular weight is 263 g/mol. The summed E-state index contributed by atoms with van der Waals surface area (Å²) in [5.74, 6) is -0.858. The first-order chi connectivity index (χ1) is 7.54. The molecule has 0 radical (unpaired) electrons. The van der Waals surface area contributed by atoms with Crippen molar-refractivity contribution >= 4 is 35.0 Å². The van der Waals surface area contributed by atoms with Gasteiger partial charge in [-0.3, -0.25) is 9.59 Å². The number of hydrogen-bond acceptors (Lipinski definition) is 4. The predicted octanol–water partition coefficient (Wildman–Crippen LogP) is 0.259. The lowest BCUT2D eigenvalue weighted by atomic mass is 10.3. The van der Waals surface area contributed by atoms with Crippen LogP contribution in [0.25, 0.3) is 0 Å². The number of rotatable bonds is 3. The molecule has 0 saturated carbocycles. The van der Waals surface area contributed by atoms with E-state index in [9.17, 15) is 9.59 Å². The van der Waals surface area contributed by atoms with Gasteiger partial charge in [0.15, 0.2) is 10.3 Å². The summed E-state index contributed by atoms with van der Waals surface area (Å²) in [6.45, 7) is -0.147. The topological polar surface area (TPSA) is 84.0 Å². The summed E-state index contributed by atoms with van der Waals surface area (Å²) in [5, 5.41) is 11.6. The number of carbonyl (C=O) groups is 2. The molecular formula is C8H8Cl2N4O2. The molecule has 8 heteroatoms. The van der Waals surface area contributed by atoms with Crippen molar-refractivity contribution in [2.75, 3.05) is 13.6 Å². The maximum atomic E-state index is 11.5. The van der Waals surface area contributed by atoms with Crippen molar-refractivity contribution in [3.63, 3.8) is 0 Å². The number of aromatic nitrogens is 2. The second-order valence-electron chi connectivity index (χ2n) is 2.73. The molecule has 86 valence electrons. The molecule has 0 spiro atoms. The number of amides is 2. The quantitative estimate of drug-likeness (QED) is 0.819. The third-order valence-corrected chi connectivity index (χ3v) is 2.12. The highest BCUT2D eigenvalue weighted by Crippen LogP contribution is 2.14. The highest BCUT2D eigenvalue weighted by Gasteiger charge is 2.13. The zero-order chi connectivity index (χ0) is 12.1. The summed E-state index contributed by atoms with van der Waals surface area (Å²) in [5.41, 5.74) is 0.0746. The van der Waals surface area contributed by atoms with Gasteiger partial charge in [-0.25, -0.2) is 0 Å². The molecule has 1 aromatic heterocycles. The Morgan fingerprint density at radius 3 is 2.69 bits per heavy atom. The van der Waals surface area contributed by atoms with E-state index in [2.05, 4.69) is 20.8 Å². The summed E-state index contributed by atoms with van der Waals surface area (Å²) in [4.78, 5) is 22.4. The van der Waals surface area contributed by atoms with Crippen LogP contribution in [0.5, 0.6) is 0 Å². The lowest BCUT2D eigenvalue weighted by Crippen LogP contribution is -2.35. The van der Waals surface area contributed by atoms with Gasteiger partial charge in [0.25, 0.3) is 5.91 Å². The minimum Gasteiger partial charge on any atom is -0.358 e. The molecule has 0 unspecified atom stereocenters. The molecule has 2 N–H and O–H groups in total. The van der Waals surface area contributed by atoms with Crippen LogP contribution in [0.3, 0.4) is 0 Å². The van der Waals surface area contributed by atoms with Gasteiger partial charge in [0, 0.05) is 7.05 Å². The SMILES string of the molecule is CNC(=O)CNC(=O)c1cc(Cl)nnc1Cl. The Balaban J connectivity index is 2.73. The Labute approximate surface area is 101 Å². The fourth-order valence-electron chi connectivity index (χ4n) is 0.856. The van der Waals surface area contributed by atoms with E-state index in [0.29, 0.717) is 0 Å². The third-order valence-electron chi connectivity index (χ3n) is 1.65. The summed E-state index contributed by atoms with van der Waals surface area (Å²) in [6.07, 6.45) is 0. The number of hydrogen-bond donors (Lipinski definition) is 2. The lowest BCUT2D eigenvalue weighted by molar-refractivity contribution is -0.119. The van der Waals surface area contributed by atoms with Crippen LogP contribution in [0.15, 0.2) is 6.07 Å². The van der Waals surface area contributed by atoms with Crippen molar-refractivity contribution < 1.29 is 9.59 Å². The van der Waals surface area contributed by atoms with Gasteiger partial charge in [0.05, 0.1) is 12.1 Å². The molecule has 0 aromatic carbocycles. The Hall–Kier alpha value is -1.40. The van der Waals surface area contributed by atoms with Crippen LogP contribution in [-0.2, 0) is 4.79 Å². The van der Waals surface area contributed by atoms with Crippen LogP contribution in [0.2, 0.25) is 10.3 Å². The number of halogens is 2. The molecule has 6 nitrogen and oxygen atoms in total. The first-order valence-corrected chi connectivity index (χ1v) is 4.97. The van der Waals surface area contributed by atoms with Crippen LogP contribution in [0.4, 0.5) is 0 Å². The number of carbonyl (C=O) groups excluding carboxylic acids is 2. The maximum absolute atomic E-state index is 11.5. The molecule has 0 aliphatic rings. The van der Waals surface area contributed by atoms with Gasteiger partial charge < -0.3 is 10.6 Å². The van der Waals surface area contributed by atoms with E-state index in [0.717, 1.165) is 0 Å². The molecule has 0 bridgehead atoms. The first kappa shape index (κ1) is 12.7. The van der Waals surface area contributed by atoms with Gasteiger partial charge in [0.2, 0.25) is 5.91 Å². The zero-order valence-corrected chi connectivity index (χ0v) is 9.76. The van der Waals surface area contributed by atoms with Crippen LogP contribution < -0.4 is 10.6 Å². The van der Waals surface area contributed by atoms with Gasteiger partial charge >= 0.3 is 0 Å². The zero-order valence-electron chi connectivity index (χ0n) is 8.25. The highest BCUT2D eigenvalue weighted by molar-refractivity contribution is 6.34. The number of nitrogens with zero attached hydrogens (tertiary/aromatic N) is 2. The molecule has 0 fully saturated rings. The summed E-state index contributed by atoms with van der Waals surface area (Å²) in [7, 11) is 1.46. The Morgan fingerprint density at radius 2 is 2.06 bits per heavy atom. The smallest absolute Gasteiger partial charge is 0.255 e. The second kappa shape index (κ2) is 5.62. The third kappa shape index (κ3) is 3.32. The summed E-state index contributed by atoms with van der Waals surface area (Å²) < 4.78 is 0. The van der Waals surface area contributed by atoms with E-state index in [1.807, 2.05) is 0 Å². The van der Waals surface area contributed by atoms with E-state index < -0.39 is 5.91 Å². The molecule has 0 atom stereocenters. The van der Waals surface area contributed by atoms with Gasteiger partial charge in [-0.15, -0.1) is 10.2 Å². The molecular weight excluding hydrogens is 255 g/mol. The summed E-state index contributed by atoms with van der Waals surface area (Å²) >= 11 is 11.2. The normalized spacial score (nSPS) is 9.69. The molecule has 1 aromatic rings. The van der Waals surface area contributed by atoms with Crippen LogP contribution in [0, 0.1) is 0 Å². The Morgan fingerprint density at radius 1 is 1.38 bits per heavy atom. The average Bonchev–Trinajstić information content (AvgIpc) is 2.28. The minimum absolute atomic E-state index is 0.0505. The van der Waals surface area contributed by atoms with Crippen molar-refractivity contribution in [1.29, 1.82) is 0 Å². The van der Waals surface area contributed by atoms with Crippen molar-refractivity contribution in [1.82, 2.24) is 20.8 Å². The predicted molar refractivity (Wildman–Crippen MR) is 58.5 cm³/mol. The van der Waals surface area contributed by atoms with Crippen LogP contribution in [-0.4, -0.2) is 35.6 Å². The van der Waals surface area contributed by atoms with E-state index >= 15 is 0 Å². The van der Waals surface area contributed by atoms with Crippen molar-refractivity contribution in [2.24, 2.45) is 0 Å². The van der Waals surface area contributed by atoms with Crippen molar-refractivity contribution in [2.45, 2.75) is 0 Å². The largest absolute Gasteiger partial charge is 0.358 e. The van der Waals surface area contributed by atoms with Gasteiger partial charge in [-0.1, -0.05) is 23.2 Å². The van der Waals surface area contributed by atoms with Crippen molar-refractivity contribution in [3.05, 3.63) is 21.9 Å². The summed E-state index contributed by atoms with van der Waals surface area (Å²) in [6, 6.07) is 1.27. The van der Waals surface area contributed by atoms with Gasteiger partial charge in [-0.2, -0.15) is 0 Å². The highest BCUT2D eigenvalue weighted by atomic mass is 35.5. The maximum Gasteiger partial charge on any atom is 0.255 e. The number of nitrogens with one attached hydrogen (secondary N) is 2. The molecule has 1 rings (SSSR count). The fourth-order valence-corrected chi connectivity index (χ4v) is 1.18. The first-order valence-electron chi connectivity index (χ1n) is 4.22. The molecule has 16 heavy (non-hydrogen) atoms. The van der Waals surface area contributed by atoms with Crippen LogP contribution >= 0.6 is 23.2 Å². The molecule has 2 amide bonds. The number of likely N-dealkylation sites (N-methyl/N-ethyl adjacent to an activating group) is 1. The molecule has 0 saturated heterocycles. The minimum atomic E-state index is -0.537. The standard InChI is InChI=1S/C8H8Cl2N4O2/c1-11-6(15)3-12-8(16)4-2-5(9)13-14-7(4)10/h2H,3H2,1H3,(H,11,15)(H,12,16). The van der Waals surface area contributed by atoms with Crippen molar-refractivity contribution in [3.8, 4) is 0 Å². The molecule has 1 heterocycles. The van der Waals surface area contributed by atoms with Gasteiger partial charge in [0.1, 0.15) is 0 Å². The molecule has 0 aliphatic heterocycles. The van der Waals surface area contributed by atoms with Crippen LogP contribution in [0.1, 0.15) is 10.4 Å². The monoisotopic (exact) mass is 262 g/mol. The Bertz CT molecular complexity index is 424. The lowest BCUT2D eigenvalue weighted by Gasteiger charge is -2.04. The van der Waals surface area contributed by atoms with Gasteiger partial charge in [-0.05, 0) is 6.07 Å². The van der Waals surface area contributed by atoms with E-state index in [1.54, 1.807) is 0 Å². The Kier molecular flexibility index (Phi) is 4.45. The van der Waals surface area contributed by atoms with E-state index in [1.165, 1.54) is 13.1 Å². The fraction of sp³-hybridized carbons (Fsp3) is 0.250. The van der Waals surface area contributed by atoms with E-state index in [-0.39, 0.29) is 28.3 Å². The van der Waals surface area contributed by atoms with E-state index in [4.69, 9.17) is 23.2 Å². The second-order valence-corrected chi connectivity index (χ2v) is 3.47. The molecule has 0 aliphatic carbocycles.